The standard InChI is InChI=1S/C21H31N5O/c1-12-5-18(24-13(2)23-12)25-17-3-4-26(11-17)19-15-6-14-7-16(19)10-21(8-14,9-15)20(22)27/h5,14-17,19H,3-4,6-11H2,1-2H3,(H2,22,27)(H,23,24,25)/t14?,15-,16?,17+,19?,21?/m0/s1. The molecule has 4 unspecified atom stereocenters. The van der Waals surface area contributed by atoms with Crippen molar-refractivity contribution in [3.8, 4) is 0 Å². The lowest BCUT2D eigenvalue weighted by Gasteiger charge is -2.60. The molecule has 1 saturated heterocycles. The molecule has 3 N–H and O–H groups in total. The molecule has 2 heterocycles. The lowest BCUT2D eigenvalue weighted by Crippen LogP contribution is -2.61. The maximum absolute atomic E-state index is 12.2. The summed E-state index contributed by atoms with van der Waals surface area (Å²) in [5, 5.41) is 3.63. The van der Waals surface area contributed by atoms with Gasteiger partial charge >= 0.3 is 0 Å². The third kappa shape index (κ3) is 2.93. The zero-order valence-corrected chi connectivity index (χ0v) is 16.4. The fourth-order valence-electron chi connectivity index (χ4n) is 7.07. The van der Waals surface area contributed by atoms with E-state index in [1.165, 1.54) is 12.8 Å². The zero-order chi connectivity index (χ0) is 18.8. The van der Waals surface area contributed by atoms with E-state index in [1.807, 2.05) is 19.9 Å². The van der Waals surface area contributed by atoms with E-state index in [-0.39, 0.29) is 11.3 Å². The van der Waals surface area contributed by atoms with Gasteiger partial charge in [0.15, 0.2) is 0 Å². The highest BCUT2D eigenvalue weighted by molar-refractivity contribution is 5.81. The van der Waals surface area contributed by atoms with Crippen LogP contribution in [0.15, 0.2) is 6.07 Å². The highest BCUT2D eigenvalue weighted by Crippen LogP contribution is 2.61. The van der Waals surface area contributed by atoms with Crippen LogP contribution in [-0.4, -0.2) is 45.9 Å². The molecule has 5 fully saturated rings. The Hall–Kier alpha value is -1.69. The Kier molecular flexibility index (Phi) is 3.97. The SMILES string of the molecule is Cc1cc(N[C@@H]2CCN(C3C4CC5C[C@H]3CC(C(N)=O)(C5)C4)C2)nc(C)n1. The van der Waals surface area contributed by atoms with Crippen molar-refractivity contribution in [1.82, 2.24) is 14.9 Å². The molecule has 0 spiro atoms. The van der Waals surface area contributed by atoms with Crippen molar-refractivity contribution in [3.63, 3.8) is 0 Å². The average Bonchev–Trinajstić information content (AvgIpc) is 3.00. The van der Waals surface area contributed by atoms with E-state index in [0.717, 1.165) is 62.0 Å². The Morgan fingerprint density at radius 1 is 1.22 bits per heavy atom. The summed E-state index contributed by atoms with van der Waals surface area (Å²) in [6, 6.07) is 3.13. The van der Waals surface area contributed by atoms with Crippen LogP contribution in [0.25, 0.3) is 0 Å². The minimum atomic E-state index is -0.180. The Balaban J connectivity index is 1.28. The second-order valence-electron chi connectivity index (χ2n) is 9.67. The van der Waals surface area contributed by atoms with Crippen LogP contribution in [0.1, 0.15) is 50.0 Å². The van der Waals surface area contributed by atoms with Gasteiger partial charge in [0.1, 0.15) is 11.6 Å². The summed E-state index contributed by atoms with van der Waals surface area (Å²) in [5.41, 5.74) is 6.68. The number of hydrogen-bond donors (Lipinski definition) is 2. The number of aromatic nitrogens is 2. The minimum absolute atomic E-state index is 0.0317. The van der Waals surface area contributed by atoms with Crippen LogP contribution < -0.4 is 11.1 Å². The van der Waals surface area contributed by atoms with Gasteiger partial charge in [0.2, 0.25) is 5.91 Å². The Morgan fingerprint density at radius 2 is 1.96 bits per heavy atom. The van der Waals surface area contributed by atoms with Crippen LogP contribution in [0.4, 0.5) is 5.82 Å². The average molecular weight is 370 g/mol. The summed E-state index contributed by atoms with van der Waals surface area (Å²) in [7, 11) is 0. The molecule has 4 saturated carbocycles. The summed E-state index contributed by atoms with van der Waals surface area (Å²) in [6.45, 7) is 6.19. The van der Waals surface area contributed by atoms with E-state index in [1.54, 1.807) is 0 Å². The third-order valence-corrected chi connectivity index (χ3v) is 7.71. The summed E-state index contributed by atoms with van der Waals surface area (Å²) >= 11 is 0. The Bertz CT molecular complexity index is 729. The Morgan fingerprint density at radius 3 is 2.63 bits per heavy atom. The Labute approximate surface area is 161 Å². The predicted octanol–water partition coefficient (Wildman–Crippen LogP) is 2.26. The number of aryl methyl sites for hydroxylation is 2. The molecule has 6 atom stereocenters. The number of rotatable bonds is 4. The van der Waals surface area contributed by atoms with Crippen LogP contribution in [-0.2, 0) is 4.79 Å². The second kappa shape index (κ2) is 6.16. The number of primary amides is 1. The predicted molar refractivity (Wildman–Crippen MR) is 104 cm³/mol. The van der Waals surface area contributed by atoms with Gasteiger partial charge in [-0.05, 0) is 70.1 Å². The second-order valence-corrected chi connectivity index (χ2v) is 9.67. The molecule has 6 rings (SSSR count). The fourth-order valence-corrected chi connectivity index (χ4v) is 7.07. The number of nitrogens with zero attached hydrogens (tertiary/aromatic N) is 3. The zero-order valence-electron chi connectivity index (χ0n) is 16.4. The van der Waals surface area contributed by atoms with Crippen LogP contribution in [0.5, 0.6) is 0 Å². The lowest BCUT2D eigenvalue weighted by molar-refractivity contribution is -0.151. The summed E-state index contributed by atoms with van der Waals surface area (Å²) in [6.07, 6.45) is 6.86. The van der Waals surface area contributed by atoms with E-state index >= 15 is 0 Å². The van der Waals surface area contributed by atoms with Crippen molar-refractivity contribution < 1.29 is 4.79 Å². The molecule has 6 heteroatoms. The maximum Gasteiger partial charge on any atom is 0.223 e. The van der Waals surface area contributed by atoms with E-state index in [4.69, 9.17) is 5.73 Å². The van der Waals surface area contributed by atoms with Crippen molar-refractivity contribution in [1.29, 1.82) is 0 Å². The number of carbonyl (C=O) groups excluding carboxylic acids is 1. The van der Waals surface area contributed by atoms with Crippen molar-refractivity contribution in [2.24, 2.45) is 28.9 Å². The summed E-state index contributed by atoms with van der Waals surface area (Å²) in [5.74, 6) is 3.79. The van der Waals surface area contributed by atoms with Gasteiger partial charge < -0.3 is 11.1 Å². The number of amides is 1. The minimum Gasteiger partial charge on any atom is -0.369 e. The first-order valence-electron chi connectivity index (χ1n) is 10.5. The quantitative estimate of drug-likeness (QED) is 0.850. The fraction of sp³-hybridized carbons (Fsp3) is 0.762. The topological polar surface area (TPSA) is 84.1 Å². The molecule has 4 aliphatic carbocycles. The molecule has 27 heavy (non-hydrogen) atoms. The highest BCUT2D eigenvalue weighted by atomic mass is 16.1. The molecule has 146 valence electrons. The number of anilines is 1. The van der Waals surface area contributed by atoms with Gasteiger partial charge in [0.25, 0.3) is 0 Å². The molecule has 1 amide bonds. The van der Waals surface area contributed by atoms with Crippen LogP contribution >= 0.6 is 0 Å². The largest absolute Gasteiger partial charge is 0.369 e. The molecule has 5 aliphatic rings. The molecule has 1 aromatic heterocycles. The molecule has 4 bridgehead atoms. The molecular formula is C21H31N5O. The van der Waals surface area contributed by atoms with E-state index < -0.39 is 0 Å². The lowest BCUT2D eigenvalue weighted by atomic mass is 9.47. The molecule has 0 aromatic carbocycles. The summed E-state index contributed by atoms with van der Waals surface area (Å²) < 4.78 is 0. The number of nitrogens with two attached hydrogens (primary N) is 1. The van der Waals surface area contributed by atoms with Crippen molar-refractivity contribution in [3.05, 3.63) is 17.6 Å². The maximum atomic E-state index is 12.2. The van der Waals surface area contributed by atoms with Crippen molar-refractivity contribution in [2.45, 2.75) is 64.5 Å². The van der Waals surface area contributed by atoms with E-state index in [9.17, 15) is 4.79 Å². The molecule has 1 aliphatic heterocycles. The van der Waals surface area contributed by atoms with Gasteiger partial charge in [-0.2, -0.15) is 0 Å². The first-order chi connectivity index (χ1) is 12.9. The first kappa shape index (κ1) is 17.4. The van der Waals surface area contributed by atoms with Gasteiger partial charge in [-0.15, -0.1) is 0 Å². The number of nitrogens with one attached hydrogen (secondary N) is 1. The molecule has 1 aromatic rings. The van der Waals surface area contributed by atoms with E-state index in [0.29, 0.717) is 23.9 Å². The van der Waals surface area contributed by atoms with Gasteiger partial charge in [-0.25, -0.2) is 9.97 Å². The molecule has 0 radical (unpaired) electrons. The normalized spacial score (nSPS) is 40.4. The smallest absolute Gasteiger partial charge is 0.223 e. The van der Waals surface area contributed by atoms with E-state index in [2.05, 4.69) is 20.2 Å². The number of hydrogen-bond acceptors (Lipinski definition) is 5. The van der Waals surface area contributed by atoms with Crippen molar-refractivity contribution >= 4 is 11.7 Å². The monoisotopic (exact) mass is 369 g/mol. The molecule has 6 nitrogen and oxygen atoms in total. The first-order valence-corrected chi connectivity index (χ1v) is 10.5. The van der Waals surface area contributed by atoms with Gasteiger partial charge in [-0.1, -0.05) is 0 Å². The third-order valence-electron chi connectivity index (χ3n) is 7.71. The highest BCUT2D eigenvalue weighted by Gasteiger charge is 2.59. The van der Waals surface area contributed by atoms with Crippen LogP contribution in [0.3, 0.4) is 0 Å². The van der Waals surface area contributed by atoms with Crippen LogP contribution in [0, 0.1) is 37.0 Å². The van der Waals surface area contributed by atoms with Crippen LogP contribution in [0.2, 0.25) is 0 Å². The number of likely N-dealkylation sites (tertiary alicyclic amines) is 1. The van der Waals surface area contributed by atoms with Gasteiger partial charge in [-0.3, -0.25) is 9.69 Å². The van der Waals surface area contributed by atoms with Gasteiger partial charge in [0, 0.05) is 42.3 Å². The molecular weight excluding hydrogens is 338 g/mol. The van der Waals surface area contributed by atoms with Crippen molar-refractivity contribution in [2.75, 3.05) is 18.4 Å². The number of carbonyl (C=O) groups is 1. The van der Waals surface area contributed by atoms with Gasteiger partial charge in [0.05, 0.1) is 0 Å². The summed E-state index contributed by atoms with van der Waals surface area (Å²) in [4.78, 5) is 23.8.